The number of amides is 1. The average Bonchev–Trinajstić information content (AvgIpc) is 2.47. The van der Waals surface area contributed by atoms with E-state index in [-0.39, 0.29) is 5.54 Å². The zero-order valence-electron chi connectivity index (χ0n) is 12.0. The van der Waals surface area contributed by atoms with Crippen LogP contribution in [0.1, 0.15) is 31.7 Å². The highest BCUT2D eigenvalue weighted by Crippen LogP contribution is 2.21. The summed E-state index contributed by atoms with van der Waals surface area (Å²) in [6.07, 6.45) is 3.56. The van der Waals surface area contributed by atoms with Gasteiger partial charge in [0.1, 0.15) is 0 Å². The van der Waals surface area contributed by atoms with Crippen molar-refractivity contribution in [2.24, 2.45) is 0 Å². The van der Waals surface area contributed by atoms with E-state index in [9.17, 15) is 4.79 Å². The van der Waals surface area contributed by atoms with Crippen molar-refractivity contribution in [3.63, 3.8) is 0 Å². The molecule has 1 saturated heterocycles. The summed E-state index contributed by atoms with van der Waals surface area (Å²) in [6.45, 7) is 3.99. The molecule has 0 saturated carbocycles. The molecule has 0 aromatic heterocycles. The third-order valence-corrected chi connectivity index (χ3v) is 4.29. The van der Waals surface area contributed by atoms with E-state index < -0.39 is 0 Å². The van der Waals surface area contributed by atoms with E-state index in [1.54, 1.807) is 0 Å². The van der Waals surface area contributed by atoms with Gasteiger partial charge < -0.3 is 10.2 Å². The Hall–Kier alpha value is -1.35. The van der Waals surface area contributed by atoms with Crippen LogP contribution in [0.5, 0.6) is 0 Å². The smallest absolute Gasteiger partial charge is 0.222 e. The standard InChI is InChI=1S/C16H24N2O/c1-16(17-2)10-12-18(13-11-16)15(19)9-8-14-6-4-3-5-7-14/h3-7,17H,8-13H2,1-2H3. The summed E-state index contributed by atoms with van der Waals surface area (Å²) < 4.78 is 0. The Balaban J connectivity index is 1.79. The molecule has 0 aliphatic carbocycles. The molecule has 0 unspecified atom stereocenters. The molecule has 1 heterocycles. The van der Waals surface area contributed by atoms with Crippen molar-refractivity contribution < 1.29 is 4.79 Å². The topological polar surface area (TPSA) is 32.3 Å². The first-order valence-corrected chi connectivity index (χ1v) is 7.14. The second kappa shape index (κ2) is 6.20. The molecule has 104 valence electrons. The molecule has 0 bridgehead atoms. The molecule has 1 aliphatic heterocycles. The molecule has 1 aliphatic rings. The predicted octanol–water partition coefficient (Wildman–Crippen LogP) is 2.22. The van der Waals surface area contributed by atoms with Gasteiger partial charge in [0.15, 0.2) is 0 Å². The highest BCUT2D eigenvalue weighted by atomic mass is 16.2. The van der Waals surface area contributed by atoms with Gasteiger partial charge in [-0.25, -0.2) is 0 Å². The Kier molecular flexibility index (Phi) is 4.59. The lowest BCUT2D eigenvalue weighted by Crippen LogP contribution is -2.51. The SMILES string of the molecule is CNC1(C)CCN(C(=O)CCc2ccccc2)CC1. The van der Waals surface area contributed by atoms with Crippen molar-refractivity contribution in [1.82, 2.24) is 10.2 Å². The van der Waals surface area contributed by atoms with E-state index >= 15 is 0 Å². The third kappa shape index (κ3) is 3.80. The summed E-state index contributed by atoms with van der Waals surface area (Å²) in [4.78, 5) is 14.2. The quantitative estimate of drug-likeness (QED) is 0.900. The molecule has 1 fully saturated rings. The van der Waals surface area contributed by atoms with Crippen molar-refractivity contribution in [1.29, 1.82) is 0 Å². The number of nitrogens with one attached hydrogen (secondary N) is 1. The van der Waals surface area contributed by atoms with Crippen LogP contribution in [-0.2, 0) is 11.2 Å². The minimum atomic E-state index is 0.205. The van der Waals surface area contributed by atoms with E-state index in [1.807, 2.05) is 30.1 Å². The summed E-state index contributed by atoms with van der Waals surface area (Å²) in [7, 11) is 2.01. The van der Waals surface area contributed by atoms with Gasteiger partial charge in [0.05, 0.1) is 0 Å². The first-order valence-electron chi connectivity index (χ1n) is 7.14. The van der Waals surface area contributed by atoms with Crippen LogP contribution >= 0.6 is 0 Å². The van der Waals surface area contributed by atoms with Crippen molar-refractivity contribution in [3.05, 3.63) is 35.9 Å². The van der Waals surface area contributed by atoms with E-state index in [0.29, 0.717) is 12.3 Å². The van der Waals surface area contributed by atoms with Crippen LogP contribution in [0.2, 0.25) is 0 Å². The minimum Gasteiger partial charge on any atom is -0.343 e. The van der Waals surface area contributed by atoms with Gasteiger partial charge in [0.2, 0.25) is 5.91 Å². The fourth-order valence-corrected chi connectivity index (χ4v) is 2.55. The molecule has 0 atom stereocenters. The lowest BCUT2D eigenvalue weighted by atomic mass is 9.89. The number of piperidine rings is 1. The molecule has 19 heavy (non-hydrogen) atoms. The van der Waals surface area contributed by atoms with Crippen LogP contribution in [0.15, 0.2) is 30.3 Å². The maximum absolute atomic E-state index is 12.2. The molecular formula is C16H24N2O. The third-order valence-electron chi connectivity index (χ3n) is 4.29. The van der Waals surface area contributed by atoms with Gasteiger partial charge in [-0.15, -0.1) is 0 Å². The number of carbonyl (C=O) groups is 1. The number of carbonyl (C=O) groups excluding carboxylic acids is 1. The van der Waals surface area contributed by atoms with Crippen LogP contribution in [0, 0.1) is 0 Å². The number of aryl methyl sites for hydroxylation is 1. The molecule has 0 radical (unpaired) electrons. The second-order valence-electron chi connectivity index (χ2n) is 5.68. The van der Waals surface area contributed by atoms with E-state index in [0.717, 1.165) is 32.4 Å². The van der Waals surface area contributed by atoms with Crippen LogP contribution in [0.3, 0.4) is 0 Å². The van der Waals surface area contributed by atoms with Crippen molar-refractivity contribution in [2.45, 2.75) is 38.1 Å². The minimum absolute atomic E-state index is 0.205. The molecule has 1 amide bonds. The van der Waals surface area contributed by atoms with Gasteiger partial charge in [-0.3, -0.25) is 4.79 Å². The van der Waals surface area contributed by atoms with E-state index in [1.165, 1.54) is 5.56 Å². The van der Waals surface area contributed by atoms with E-state index in [4.69, 9.17) is 0 Å². The molecular weight excluding hydrogens is 236 g/mol. The summed E-state index contributed by atoms with van der Waals surface area (Å²) >= 11 is 0. The highest BCUT2D eigenvalue weighted by Gasteiger charge is 2.29. The maximum Gasteiger partial charge on any atom is 0.222 e. The molecule has 3 nitrogen and oxygen atoms in total. The maximum atomic E-state index is 12.2. The lowest BCUT2D eigenvalue weighted by molar-refractivity contribution is -0.132. The molecule has 2 rings (SSSR count). The Bertz CT molecular complexity index is 408. The van der Waals surface area contributed by atoms with Crippen molar-refractivity contribution >= 4 is 5.91 Å². The zero-order chi connectivity index (χ0) is 13.7. The van der Waals surface area contributed by atoms with Gasteiger partial charge in [-0.05, 0) is 38.8 Å². The average molecular weight is 260 g/mol. The van der Waals surface area contributed by atoms with Gasteiger partial charge in [0.25, 0.3) is 0 Å². The van der Waals surface area contributed by atoms with Gasteiger partial charge in [-0.2, -0.15) is 0 Å². The number of nitrogens with zero attached hydrogens (tertiary/aromatic N) is 1. The van der Waals surface area contributed by atoms with E-state index in [2.05, 4.69) is 24.4 Å². The summed E-state index contributed by atoms with van der Waals surface area (Å²) in [5.41, 5.74) is 1.45. The van der Waals surface area contributed by atoms with Crippen LogP contribution in [0.4, 0.5) is 0 Å². The second-order valence-corrected chi connectivity index (χ2v) is 5.68. The molecule has 0 spiro atoms. The first-order chi connectivity index (χ1) is 9.13. The fourth-order valence-electron chi connectivity index (χ4n) is 2.55. The number of benzene rings is 1. The number of rotatable bonds is 4. The van der Waals surface area contributed by atoms with Gasteiger partial charge in [0, 0.05) is 25.0 Å². The van der Waals surface area contributed by atoms with Gasteiger partial charge >= 0.3 is 0 Å². The van der Waals surface area contributed by atoms with Crippen LogP contribution in [0.25, 0.3) is 0 Å². The van der Waals surface area contributed by atoms with Crippen LogP contribution < -0.4 is 5.32 Å². The first kappa shape index (κ1) is 14.1. The normalized spacial score (nSPS) is 18.3. The van der Waals surface area contributed by atoms with Crippen LogP contribution in [-0.4, -0.2) is 36.5 Å². The molecule has 3 heteroatoms. The highest BCUT2D eigenvalue weighted by molar-refractivity contribution is 5.76. The van der Waals surface area contributed by atoms with Crippen molar-refractivity contribution in [3.8, 4) is 0 Å². The van der Waals surface area contributed by atoms with Crippen molar-refractivity contribution in [2.75, 3.05) is 20.1 Å². The summed E-state index contributed by atoms with van der Waals surface area (Å²) in [5.74, 6) is 0.294. The Morgan fingerprint density at radius 1 is 1.26 bits per heavy atom. The number of likely N-dealkylation sites (tertiary alicyclic amines) is 1. The Morgan fingerprint density at radius 2 is 1.89 bits per heavy atom. The largest absolute Gasteiger partial charge is 0.343 e. The molecule has 1 N–H and O–H groups in total. The lowest BCUT2D eigenvalue weighted by Gasteiger charge is -2.39. The van der Waals surface area contributed by atoms with Gasteiger partial charge in [-0.1, -0.05) is 30.3 Å². The summed E-state index contributed by atoms with van der Waals surface area (Å²) in [6, 6.07) is 10.2. The molecule has 1 aromatic rings. The fraction of sp³-hybridized carbons (Fsp3) is 0.562. The number of hydrogen-bond donors (Lipinski definition) is 1. The predicted molar refractivity (Wildman–Crippen MR) is 78.0 cm³/mol. The number of hydrogen-bond acceptors (Lipinski definition) is 2. The summed E-state index contributed by atoms with van der Waals surface area (Å²) in [5, 5.41) is 3.36. The molecule has 1 aromatic carbocycles. The Labute approximate surface area is 116 Å². The zero-order valence-corrected chi connectivity index (χ0v) is 12.0. The monoisotopic (exact) mass is 260 g/mol. The Morgan fingerprint density at radius 3 is 2.47 bits per heavy atom.